The summed E-state index contributed by atoms with van der Waals surface area (Å²) in [5.41, 5.74) is 6.68. The number of para-hydroxylation sites is 1. The van der Waals surface area contributed by atoms with Crippen LogP contribution in [0.4, 0.5) is 4.39 Å². The molecule has 0 saturated carbocycles. The van der Waals surface area contributed by atoms with Crippen LogP contribution in [0.1, 0.15) is 39.0 Å². The fraction of sp³-hybridized carbons (Fsp3) is 0.158. The molecule has 0 aliphatic carbocycles. The molecular weight excluding hydrogens is 323 g/mol. The molecule has 0 bridgehead atoms. The molecule has 2 N–H and O–H groups in total. The monoisotopic (exact) mass is 340 g/mol. The first-order chi connectivity index (χ1) is 12.0. The van der Waals surface area contributed by atoms with Crippen LogP contribution in [0.15, 0.2) is 46.9 Å². The van der Waals surface area contributed by atoms with Crippen LogP contribution >= 0.6 is 0 Å². The number of rotatable bonds is 3. The largest absolute Gasteiger partial charge is 0.447 e. The summed E-state index contributed by atoms with van der Waals surface area (Å²) < 4.78 is 19.1. The highest BCUT2D eigenvalue weighted by atomic mass is 19.1. The van der Waals surface area contributed by atoms with Crippen molar-refractivity contribution in [3.8, 4) is 0 Å². The molecule has 25 heavy (non-hydrogen) atoms. The minimum atomic E-state index is -0.647. The van der Waals surface area contributed by atoms with E-state index in [-0.39, 0.29) is 11.3 Å². The number of amides is 2. The van der Waals surface area contributed by atoms with Gasteiger partial charge >= 0.3 is 5.91 Å². The van der Waals surface area contributed by atoms with E-state index in [1.807, 2.05) is 19.1 Å². The summed E-state index contributed by atoms with van der Waals surface area (Å²) >= 11 is 0. The lowest BCUT2D eigenvalue weighted by Gasteiger charge is -2.07. The third-order valence-electron chi connectivity index (χ3n) is 4.04. The topological polar surface area (TPSA) is 71.3 Å². The lowest BCUT2D eigenvalue weighted by molar-refractivity contribution is 0.0831. The van der Waals surface area contributed by atoms with Gasteiger partial charge in [0.25, 0.3) is 5.91 Å². The first-order valence-corrected chi connectivity index (χ1v) is 7.88. The van der Waals surface area contributed by atoms with E-state index in [1.165, 1.54) is 6.07 Å². The molecule has 0 aliphatic rings. The van der Waals surface area contributed by atoms with E-state index in [9.17, 15) is 14.0 Å². The molecule has 6 heteroatoms. The van der Waals surface area contributed by atoms with Crippen LogP contribution in [0.3, 0.4) is 0 Å². The maximum Gasteiger partial charge on any atom is 0.305 e. The summed E-state index contributed by atoms with van der Waals surface area (Å²) in [6.07, 6.45) is 0.876. The maximum atomic E-state index is 13.7. The zero-order valence-corrected chi connectivity index (χ0v) is 13.9. The SMILES string of the molecule is CCc1ccc(C(=O)NNC(=O)c2oc3c(F)cccc3c2C)cc1. The Labute approximate surface area is 143 Å². The average molecular weight is 340 g/mol. The Morgan fingerprint density at radius 3 is 2.36 bits per heavy atom. The van der Waals surface area contributed by atoms with Crippen molar-refractivity contribution in [3.63, 3.8) is 0 Å². The Balaban J connectivity index is 1.73. The third-order valence-corrected chi connectivity index (χ3v) is 4.04. The van der Waals surface area contributed by atoms with Crippen molar-refractivity contribution in [2.24, 2.45) is 0 Å². The van der Waals surface area contributed by atoms with Crippen LogP contribution in [0.2, 0.25) is 0 Å². The van der Waals surface area contributed by atoms with Crippen molar-refractivity contribution in [2.45, 2.75) is 20.3 Å². The Morgan fingerprint density at radius 2 is 1.72 bits per heavy atom. The molecule has 128 valence electrons. The molecule has 0 spiro atoms. The molecule has 2 amide bonds. The summed E-state index contributed by atoms with van der Waals surface area (Å²) in [6.45, 7) is 3.68. The molecule has 0 atom stereocenters. The summed E-state index contributed by atoms with van der Waals surface area (Å²) in [6, 6.07) is 11.5. The maximum absolute atomic E-state index is 13.7. The summed E-state index contributed by atoms with van der Waals surface area (Å²) in [7, 11) is 0. The van der Waals surface area contributed by atoms with Gasteiger partial charge in [-0.15, -0.1) is 0 Å². The molecule has 1 aromatic heterocycles. The zero-order valence-electron chi connectivity index (χ0n) is 13.9. The summed E-state index contributed by atoms with van der Waals surface area (Å²) in [5, 5.41) is 0.520. The number of furan rings is 1. The molecule has 5 nitrogen and oxygen atoms in total. The van der Waals surface area contributed by atoms with Crippen molar-refractivity contribution in [1.29, 1.82) is 0 Å². The van der Waals surface area contributed by atoms with Gasteiger partial charge in [0.2, 0.25) is 0 Å². The Hall–Kier alpha value is -3.15. The third kappa shape index (κ3) is 3.24. The van der Waals surface area contributed by atoms with Crippen LogP contribution in [-0.4, -0.2) is 11.8 Å². The number of nitrogens with one attached hydrogen (secondary N) is 2. The predicted octanol–water partition coefficient (Wildman–Crippen LogP) is 3.52. The van der Waals surface area contributed by atoms with Gasteiger partial charge in [0.05, 0.1) is 0 Å². The average Bonchev–Trinajstić information content (AvgIpc) is 2.98. The highest BCUT2D eigenvalue weighted by Gasteiger charge is 2.20. The van der Waals surface area contributed by atoms with Crippen LogP contribution in [0, 0.1) is 12.7 Å². The molecule has 0 radical (unpaired) electrons. The minimum absolute atomic E-state index is 0.0200. The molecule has 0 aliphatic heterocycles. The number of benzene rings is 2. The standard InChI is InChI=1S/C19H17FN2O3/c1-3-12-7-9-13(10-8-12)18(23)21-22-19(24)16-11(2)14-5-4-6-15(20)17(14)25-16/h4-10H,3H2,1-2H3,(H,21,23)(H,22,24). The van der Waals surface area contributed by atoms with E-state index < -0.39 is 17.6 Å². The van der Waals surface area contributed by atoms with E-state index >= 15 is 0 Å². The summed E-state index contributed by atoms with van der Waals surface area (Å²) in [5.74, 6) is -1.68. The van der Waals surface area contributed by atoms with Gasteiger partial charge in [-0.05, 0) is 37.1 Å². The predicted molar refractivity (Wildman–Crippen MR) is 91.7 cm³/mol. The number of carbonyl (C=O) groups is 2. The lowest BCUT2D eigenvalue weighted by Crippen LogP contribution is -2.41. The van der Waals surface area contributed by atoms with Crippen LogP contribution in [0.5, 0.6) is 0 Å². The minimum Gasteiger partial charge on any atom is -0.447 e. The van der Waals surface area contributed by atoms with E-state index in [4.69, 9.17) is 4.42 Å². The first kappa shape index (κ1) is 16.7. The van der Waals surface area contributed by atoms with Crippen molar-refractivity contribution in [1.82, 2.24) is 10.9 Å². The molecule has 3 rings (SSSR count). The molecular formula is C19H17FN2O3. The molecule has 0 fully saturated rings. The van der Waals surface area contributed by atoms with Crippen molar-refractivity contribution in [2.75, 3.05) is 0 Å². The second-order valence-electron chi connectivity index (χ2n) is 5.63. The Morgan fingerprint density at radius 1 is 1.04 bits per heavy atom. The highest BCUT2D eigenvalue weighted by molar-refractivity contribution is 6.01. The van der Waals surface area contributed by atoms with Gasteiger partial charge in [0.1, 0.15) is 0 Å². The van der Waals surface area contributed by atoms with Gasteiger partial charge in [0, 0.05) is 16.5 Å². The fourth-order valence-corrected chi connectivity index (χ4v) is 2.56. The van der Waals surface area contributed by atoms with Gasteiger partial charge in [-0.3, -0.25) is 20.4 Å². The normalized spacial score (nSPS) is 10.7. The van der Waals surface area contributed by atoms with E-state index in [2.05, 4.69) is 10.9 Å². The number of carbonyl (C=O) groups excluding carboxylic acids is 2. The Kier molecular flexibility index (Phi) is 4.52. The molecule has 0 unspecified atom stereocenters. The number of fused-ring (bicyclic) bond motifs is 1. The van der Waals surface area contributed by atoms with Gasteiger partial charge in [0.15, 0.2) is 17.2 Å². The van der Waals surface area contributed by atoms with Gasteiger partial charge in [-0.2, -0.15) is 0 Å². The van der Waals surface area contributed by atoms with Crippen molar-refractivity contribution in [3.05, 3.63) is 70.7 Å². The number of hydrazine groups is 1. The lowest BCUT2D eigenvalue weighted by atomic mass is 10.1. The first-order valence-electron chi connectivity index (χ1n) is 7.88. The van der Waals surface area contributed by atoms with Crippen molar-refractivity contribution >= 4 is 22.8 Å². The molecule has 3 aromatic rings. The molecule has 0 saturated heterocycles. The van der Waals surface area contributed by atoms with Crippen LogP contribution < -0.4 is 10.9 Å². The number of hydrogen-bond donors (Lipinski definition) is 2. The second kappa shape index (κ2) is 6.76. The molecule has 2 aromatic carbocycles. The second-order valence-corrected chi connectivity index (χ2v) is 5.63. The zero-order chi connectivity index (χ0) is 18.0. The number of halogens is 1. The number of hydrogen-bond acceptors (Lipinski definition) is 3. The van der Waals surface area contributed by atoms with E-state index in [0.717, 1.165) is 12.0 Å². The van der Waals surface area contributed by atoms with Crippen molar-refractivity contribution < 1.29 is 18.4 Å². The fourth-order valence-electron chi connectivity index (χ4n) is 2.56. The highest BCUT2D eigenvalue weighted by Crippen LogP contribution is 2.27. The smallest absolute Gasteiger partial charge is 0.305 e. The molecule has 1 heterocycles. The summed E-state index contributed by atoms with van der Waals surface area (Å²) in [4.78, 5) is 24.3. The Bertz CT molecular complexity index is 945. The quantitative estimate of drug-likeness (QED) is 0.717. The van der Waals surface area contributed by atoms with Gasteiger partial charge in [-0.25, -0.2) is 4.39 Å². The van der Waals surface area contributed by atoms with Crippen LogP contribution in [-0.2, 0) is 6.42 Å². The van der Waals surface area contributed by atoms with Gasteiger partial charge < -0.3 is 4.42 Å². The van der Waals surface area contributed by atoms with Crippen LogP contribution in [0.25, 0.3) is 11.0 Å². The van der Waals surface area contributed by atoms with Gasteiger partial charge in [-0.1, -0.05) is 31.2 Å². The number of aryl methyl sites for hydroxylation is 2. The van der Waals surface area contributed by atoms with E-state index in [1.54, 1.807) is 31.2 Å². The van der Waals surface area contributed by atoms with E-state index in [0.29, 0.717) is 16.5 Å².